The largest absolute Gasteiger partial charge is 0.337 e. The molecule has 0 spiro atoms. The fraction of sp³-hybridized carbons (Fsp3) is 0.917. The molecule has 2 aliphatic rings. The van der Waals surface area contributed by atoms with Crippen LogP contribution in [-0.2, 0) is 4.79 Å². The summed E-state index contributed by atoms with van der Waals surface area (Å²) in [5, 5.41) is 3.31. The van der Waals surface area contributed by atoms with Gasteiger partial charge in [0.05, 0.1) is 0 Å². The lowest BCUT2D eigenvalue weighted by Crippen LogP contribution is -2.54. The summed E-state index contributed by atoms with van der Waals surface area (Å²) < 4.78 is 0. The molecule has 0 aromatic carbocycles. The van der Waals surface area contributed by atoms with Gasteiger partial charge in [0.15, 0.2) is 0 Å². The predicted molar refractivity (Wildman–Crippen MR) is 64.0 cm³/mol. The van der Waals surface area contributed by atoms with Gasteiger partial charge in [0, 0.05) is 37.6 Å². The molecular formula is C12H23N3O. The molecule has 2 unspecified atom stereocenters. The van der Waals surface area contributed by atoms with Crippen LogP contribution < -0.4 is 11.1 Å². The second kappa shape index (κ2) is 5.15. The van der Waals surface area contributed by atoms with Gasteiger partial charge in [0.1, 0.15) is 0 Å². The number of carbonyl (C=O) groups is 1. The Bertz CT molecular complexity index is 257. The maximum Gasteiger partial charge on any atom is 0.226 e. The van der Waals surface area contributed by atoms with Crippen LogP contribution in [0.5, 0.6) is 0 Å². The minimum atomic E-state index is 0.185. The highest BCUT2D eigenvalue weighted by molar-refractivity contribution is 5.79. The standard InChI is InChI=1S/C12H23N3O/c1-9-8-14-5-6-15(9)12(16)10-3-2-4-11(13)7-10/h9-11,14H,2-8,13H2,1H3/t9-,10?,11?/m0/s1. The van der Waals surface area contributed by atoms with Gasteiger partial charge in [-0.1, -0.05) is 6.42 Å². The fourth-order valence-electron chi connectivity index (χ4n) is 2.85. The van der Waals surface area contributed by atoms with Crippen molar-refractivity contribution in [3.8, 4) is 0 Å². The minimum absolute atomic E-state index is 0.185. The zero-order valence-electron chi connectivity index (χ0n) is 10.1. The van der Waals surface area contributed by atoms with Crippen LogP contribution in [0.3, 0.4) is 0 Å². The summed E-state index contributed by atoms with van der Waals surface area (Å²) in [5.41, 5.74) is 5.94. The Morgan fingerprint density at radius 2 is 2.25 bits per heavy atom. The number of piperazine rings is 1. The van der Waals surface area contributed by atoms with E-state index < -0.39 is 0 Å². The first-order valence-corrected chi connectivity index (χ1v) is 6.45. The van der Waals surface area contributed by atoms with E-state index >= 15 is 0 Å². The number of amides is 1. The summed E-state index contributed by atoms with van der Waals surface area (Å²) in [6.45, 7) is 4.82. The Morgan fingerprint density at radius 3 is 2.94 bits per heavy atom. The van der Waals surface area contributed by atoms with E-state index in [0.717, 1.165) is 45.3 Å². The fourth-order valence-corrected chi connectivity index (χ4v) is 2.85. The van der Waals surface area contributed by atoms with E-state index in [1.54, 1.807) is 0 Å². The van der Waals surface area contributed by atoms with Crippen molar-refractivity contribution >= 4 is 5.91 Å². The SMILES string of the molecule is C[C@H]1CNCCN1C(=O)C1CCCC(N)C1. The van der Waals surface area contributed by atoms with Crippen molar-refractivity contribution in [1.82, 2.24) is 10.2 Å². The van der Waals surface area contributed by atoms with Crippen LogP contribution in [0, 0.1) is 5.92 Å². The van der Waals surface area contributed by atoms with Crippen LogP contribution in [-0.4, -0.2) is 42.5 Å². The van der Waals surface area contributed by atoms with Crippen molar-refractivity contribution in [2.24, 2.45) is 11.7 Å². The van der Waals surface area contributed by atoms with Gasteiger partial charge >= 0.3 is 0 Å². The summed E-state index contributed by atoms with van der Waals surface area (Å²) in [6.07, 6.45) is 4.11. The maximum absolute atomic E-state index is 12.4. The molecule has 4 heteroatoms. The van der Waals surface area contributed by atoms with Crippen LogP contribution in [0.1, 0.15) is 32.6 Å². The molecule has 0 aromatic heterocycles. The van der Waals surface area contributed by atoms with Crippen molar-refractivity contribution in [2.75, 3.05) is 19.6 Å². The van der Waals surface area contributed by atoms with Crippen LogP contribution >= 0.6 is 0 Å². The van der Waals surface area contributed by atoms with Gasteiger partial charge < -0.3 is 16.0 Å². The number of nitrogens with zero attached hydrogens (tertiary/aromatic N) is 1. The first-order valence-electron chi connectivity index (χ1n) is 6.45. The Balaban J connectivity index is 1.94. The van der Waals surface area contributed by atoms with E-state index in [1.807, 2.05) is 4.90 Å². The average Bonchev–Trinajstić information content (AvgIpc) is 2.29. The van der Waals surface area contributed by atoms with E-state index in [4.69, 9.17) is 5.73 Å². The molecule has 3 atom stereocenters. The van der Waals surface area contributed by atoms with E-state index in [0.29, 0.717) is 11.9 Å². The Morgan fingerprint density at radius 1 is 1.44 bits per heavy atom. The topological polar surface area (TPSA) is 58.4 Å². The Kier molecular flexibility index (Phi) is 3.82. The molecule has 1 amide bonds. The van der Waals surface area contributed by atoms with Crippen LogP contribution in [0.15, 0.2) is 0 Å². The molecule has 92 valence electrons. The van der Waals surface area contributed by atoms with Gasteiger partial charge in [-0.2, -0.15) is 0 Å². The number of carbonyl (C=O) groups excluding carboxylic acids is 1. The van der Waals surface area contributed by atoms with Crippen LogP contribution in [0.4, 0.5) is 0 Å². The van der Waals surface area contributed by atoms with Crippen molar-refractivity contribution in [3.63, 3.8) is 0 Å². The smallest absolute Gasteiger partial charge is 0.226 e. The van der Waals surface area contributed by atoms with Gasteiger partial charge in [-0.05, 0) is 26.2 Å². The molecule has 1 heterocycles. The van der Waals surface area contributed by atoms with E-state index in [9.17, 15) is 4.79 Å². The molecule has 16 heavy (non-hydrogen) atoms. The van der Waals surface area contributed by atoms with E-state index in [1.165, 1.54) is 0 Å². The van der Waals surface area contributed by atoms with Gasteiger partial charge in [-0.3, -0.25) is 4.79 Å². The Hall–Kier alpha value is -0.610. The predicted octanol–water partition coefficient (Wildman–Crippen LogP) is 0.324. The first-order chi connectivity index (χ1) is 7.68. The van der Waals surface area contributed by atoms with E-state index in [2.05, 4.69) is 12.2 Å². The molecule has 1 saturated heterocycles. The lowest BCUT2D eigenvalue weighted by Gasteiger charge is -2.38. The quantitative estimate of drug-likeness (QED) is 0.676. The molecule has 0 aromatic rings. The first kappa shape index (κ1) is 11.9. The minimum Gasteiger partial charge on any atom is -0.337 e. The molecule has 3 N–H and O–H groups in total. The maximum atomic E-state index is 12.4. The Labute approximate surface area is 97.6 Å². The number of hydrogen-bond donors (Lipinski definition) is 2. The summed E-state index contributed by atoms with van der Waals surface area (Å²) in [5.74, 6) is 0.522. The molecule has 1 aliphatic heterocycles. The lowest BCUT2D eigenvalue weighted by molar-refractivity contribution is -0.139. The monoisotopic (exact) mass is 225 g/mol. The molecule has 1 saturated carbocycles. The van der Waals surface area contributed by atoms with E-state index in [-0.39, 0.29) is 12.0 Å². The third-order valence-corrected chi connectivity index (χ3v) is 3.85. The van der Waals surface area contributed by atoms with Crippen LogP contribution in [0.2, 0.25) is 0 Å². The zero-order chi connectivity index (χ0) is 11.5. The molecule has 4 nitrogen and oxygen atoms in total. The third kappa shape index (κ3) is 2.55. The van der Waals surface area contributed by atoms with Gasteiger partial charge in [0.2, 0.25) is 5.91 Å². The highest BCUT2D eigenvalue weighted by Gasteiger charge is 2.31. The lowest BCUT2D eigenvalue weighted by atomic mass is 9.85. The highest BCUT2D eigenvalue weighted by Crippen LogP contribution is 2.25. The zero-order valence-corrected chi connectivity index (χ0v) is 10.1. The third-order valence-electron chi connectivity index (χ3n) is 3.85. The molecule has 2 fully saturated rings. The number of nitrogens with two attached hydrogens (primary N) is 1. The van der Waals surface area contributed by atoms with Crippen LogP contribution in [0.25, 0.3) is 0 Å². The highest BCUT2D eigenvalue weighted by atomic mass is 16.2. The second-order valence-corrected chi connectivity index (χ2v) is 5.21. The summed E-state index contributed by atoms with van der Waals surface area (Å²) >= 11 is 0. The normalized spacial score (nSPS) is 36.1. The molecule has 0 bridgehead atoms. The molecule has 2 rings (SSSR count). The summed E-state index contributed by atoms with van der Waals surface area (Å²) in [4.78, 5) is 14.4. The average molecular weight is 225 g/mol. The molecular weight excluding hydrogens is 202 g/mol. The summed E-state index contributed by atoms with van der Waals surface area (Å²) in [6, 6.07) is 0.570. The van der Waals surface area contributed by atoms with Crippen molar-refractivity contribution in [2.45, 2.75) is 44.7 Å². The van der Waals surface area contributed by atoms with Gasteiger partial charge in [-0.15, -0.1) is 0 Å². The van der Waals surface area contributed by atoms with Crippen molar-refractivity contribution < 1.29 is 4.79 Å². The van der Waals surface area contributed by atoms with Gasteiger partial charge in [0.25, 0.3) is 0 Å². The van der Waals surface area contributed by atoms with Crippen molar-refractivity contribution in [3.05, 3.63) is 0 Å². The number of rotatable bonds is 1. The second-order valence-electron chi connectivity index (χ2n) is 5.21. The van der Waals surface area contributed by atoms with Gasteiger partial charge in [-0.25, -0.2) is 0 Å². The molecule has 1 aliphatic carbocycles. The number of hydrogen-bond acceptors (Lipinski definition) is 3. The van der Waals surface area contributed by atoms with Crippen molar-refractivity contribution in [1.29, 1.82) is 0 Å². The summed E-state index contributed by atoms with van der Waals surface area (Å²) in [7, 11) is 0. The molecule has 0 radical (unpaired) electrons. The number of nitrogens with one attached hydrogen (secondary N) is 1.